The van der Waals surface area contributed by atoms with E-state index in [-0.39, 0.29) is 6.10 Å². The normalized spacial score (nSPS) is 19.4. The molecule has 1 N–H and O–H groups in total. The van der Waals surface area contributed by atoms with Gasteiger partial charge in [0.1, 0.15) is 0 Å². The summed E-state index contributed by atoms with van der Waals surface area (Å²) in [6.07, 6.45) is 3.68. The minimum atomic E-state index is -0.252. The second-order valence-corrected chi connectivity index (χ2v) is 6.59. The van der Waals surface area contributed by atoms with Gasteiger partial charge < -0.3 is 5.11 Å². The van der Waals surface area contributed by atoms with Crippen molar-refractivity contribution in [1.82, 2.24) is 0 Å². The highest BCUT2D eigenvalue weighted by Crippen LogP contribution is 2.29. The third kappa shape index (κ3) is 3.13. The average molecular weight is 331 g/mol. The Bertz CT molecular complexity index is 593. The van der Waals surface area contributed by atoms with Crippen LogP contribution in [-0.4, -0.2) is 11.2 Å². The predicted molar refractivity (Wildman–Crippen MR) is 85.8 cm³/mol. The smallest absolute Gasteiger partial charge is 0.0612 e. The first kappa shape index (κ1) is 13.8. The summed E-state index contributed by atoms with van der Waals surface area (Å²) >= 11 is 3.49. The van der Waals surface area contributed by atoms with Crippen LogP contribution in [0.4, 0.5) is 0 Å². The minimum Gasteiger partial charge on any atom is -0.392 e. The molecular formula is C18H19BrO. The van der Waals surface area contributed by atoms with Gasteiger partial charge in [-0.25, -0.2) is 0 Å². The number of aliphatic hydroxyl groups is 1. The fraction of sp³-hybridized carbons (Fsp3) is 0.333. The first-order chi connectivity index (χ1) is 9.72. The molecule has 2 aromatic rings. The van der Waals surface area contributed by atoms with Crippen molar-refractivity contribution in [2.24, 2.45) is 5.92 Å². The van der Waals surface area contributed by atoms with Crippen LogP contribution in [0, 0.1) is 5.92 Å². The van der Waals surface area contributed by atoms with Crippen molar-refractivity contribution in [3.05, 3.63) is 69.7 Å². The number of halogens is 1. The molecule has 2 heteroatoms. The van der Waals surface area contributed by atoms with Gasteiger partial charge in [0.2, 0.25) is 0 Å². The van der Waals surface area contributed by atoms with E-state index in [1.807, 2.05) is 12.1 Å². The molecule has 0 spiro atoms. The van der Waals surface area contributed by atoms with Gasteiger partial charge in [-0.1, -0.05) is 52.3 Å². The van der Waals surface area contributed by atoms with Gasteiger partial charge in [0.15, 0.2) is 0 Å². The van der Waals surface area contributed by atoms with Gasteiger partial charge in [0, 0.05) is 4.47 Å². The van der Waals surface area contributed by atoms with E-state index in [2.05, 4.69) is 52.3 Å². The molecule has 3 rings (SSSR count). The van der Waals surface area contributed by atoms with Gasteiger partial charge >= 0.3 is 0 Å². The molecular weight excluding hydrogens is 312 g/mol. The highest BCUT2D eigenvalue weighted by atomic mass is 79.9. The Kier molecular flexibility index (Phi) is 4.23. The molecule has 0 saturated carbocycles. The molecule has 0 radical (unpaired) electrons. The van der Waals surface area contributed by atoms with Crippen molar-refractivity contribution < 1.29 is 5.11 Å². The lowest BCUT2D eigenvalue weighted by Crippen LogP contribution is -2.28. The lowest BCUT2D eigenvalue weighted by molar-refractivity contribution is 0.0993. The van der Waals surface area contributed by atoms with E-state index < -0.39 is 0 Å². The first-order valence-corrected chi connectivity index (χ1v) is 8.01. The van der Waals surface area contributed by atoms with Crippen LogP contribution in [0.1, 0.15) is 23.1 Å². The molecule has 2 atom stereocenters. The van der Waals surface area contributed by atoms with E-state index in [0.29, 0.717) is 5.92 Å². The molecule has 0 aromatic heterocycles. The zero-order valence-electron chi connectivity index (χ0n) is 11.4. The number of benzene rings is 2. The molecule has 20 heavy (non-hydrogen) atoms. The summed E-state index contributed by atoms with van der Waals surface area (Å²) in [7, 11) is 0. The number of aliphatic hydroxyl groups excluding tert-OH is 1. The van der Waals surface area contributed by atoms with Crippen LogP contribution < -0.4 is 0 Å². The summed E-state index contributed by atoms with van der Waals surface area (Å²) < 4.78 is 1.08. The fourth-order valence-corrected chi connectivity index (χ4v) is 3.57. The lowest BCUT2D eigenvalue weighted by atomic mass is 9.79. The minimum absolute atomic E-state index is 0.252. The second kappa shape index (κ2) is 6.11. The van der Waals surface area contributed by atoms with Gasteiger partial charge in [-0.15, -0.1) is 0 Å². The summed E-state index contributed by atoms with van der Waals surface area (Å²) in [4.78, 5) is 0. The molecule has 2 unspecified atom stereocenters. The summed E-state index contributed by atoms with van der Waals surface area (Å²) in [5, 5.41) is 10.5. The van der Waals surface area contributed by atoms with E-state index in [9.17, 15) is 5.11 Å². The molecule has 0 aliphatic heterocycles. The zero-order chi connectivity index (χ0) is 13.9. The van der Waals surface area contributed by atoms with Crippen LogP contribution in [-0.2, 0) is 19.3 Å². The number of aryl methyl sites for hydroxylation is 1. The van der Waals surface area contributed by atoms with E-state index in [0.717, 1.165) is 30.2 Å². The quantitative estimate of drug-likeness (QED) is 0.895. The maximum atomic E-state index is 10.5. The lowest BCUT2D eigenvalue weighted by Gasteiger charge is -2.28. The fourth-order valence-electron chi connectivity index (χ4n) is 3.13. The predicted octanol–water partition coefficient (Wildman–Crippen LogP) is 4.16. The molecule has 0 saturated heterocycles. The van der Waals surface area contributed by atoms with Crippen molar-refractivity contribution in [2.75, 3.05) is 0 Å². The van der Waals surface area contributed by atoms with E-state index in [4.69, 9.17) is 0 Å². The molecule has 1 nitrogen and oxygen atoms in total. The Hall–Kier alpha value is -1.12. The molecule has 0 bridgehead atoms. The Balaban J connectivity index is 1.68. The highest BCUT2D eigenvalue weighted by Gasteiger charge is 2.24. The second-order valence-electron chi connectivity index (χ2n) is 5.67. The monoisotopic (exact) mass is 330 g/mol. The standard InChI is InChI=1S/C18H19BrO/c19-17-7-3-4-13(10-17)11-18(20)16-9-8-14-5-1-2-6-15(14)12-16/h1-7,10,16,18,20H,8-9,11-12H2. The SMILES string of the molecule is OC(Cc1cccc(Br)c1)C1CCc2ccccc2C1. The topological polar surface area (TPSA) is 20.2 Å². The van der Waals surface area contributed by atoms with E-state index in [1.54, 1.807) is 0 Å². The third-order valence-electron chi connectivity index (χ3n) is 4.26. The molecule has 0 heterocycles. The van der Waals surface area contributed by atoms with Crippen molar-refractivity contribution in [2.45, 2.75) is 31.8 Å². The van der Waals surface area contributed by atoms with E-state index >= 15 is 0 Å². The highest BCUT2D eigenvalue weighted by molar-refractivity contribution is 9.10. The largest absolute Gasteiger partial charge is 0.392 e. The number of hydrogen-bond donors (Lipinski definition) is 1. The molecule has 0 fully saturated rings. The van der Waals surface area contributed by atoms with Crippen molar-refractivity contribution in [3.63, 3.8) is 0 Å². The van der Waals surface area contributed by atoms with Gasteiger partial charge in [0.05, 0.1) is 6.10 Å². The van der Waals surface area contributed by atoms with Gasteiger partial charge in [-0.2, -0.15) is 0 Å². The number of rotatable bonds is 3. The molecule has 104 valence electrons. The van der Waals surface area contributed by atoms with Gasteiger partial charge in [0.25, 0.3) is 0 Å². The van der Waals surface area contributed by atoms with Crippen molar-refractivity contribution >= 4 is 15.9 Å². The van der Waals surface area contributed by atoms with E-state index in [1.165, 1.54) is 16.7 Å². The van der Waals surface area contributed by atoms with Crippen LogP contribution >= 0.6 is 15.9 Å². The Morgan fingerprint density at radius 1 is 1.10 bits per heavy atom. The van der Waals surface area contributed by atoms with Crippen molar-refractivity contribution in [1.29, 1.82) is 0 Å². The van der Waals surface area contributed by atoms with Gasteiger partial charge in [-0.05, 0) is 60.4 Å². The van der Waals surface area contributed by atoms with Gasteiger partial charge in [-0.3, -0.25) is 0 Å². The Morgan fingerprint density at radius 3 is 2.70 bits per heavy atom. The van der Waals surface area contributed by atoms with Crippen LogP contribution in [0.3, 0.4) is 0 Å². The molecule has 0 amide bonds. The van der Waals surface area contributed by atoms with Crippen LogP contribution in [0.5, 0.6) is 0 Å². The zero-order valence-corrected chi connectivity index (χ0v) is 13.0. The number of fused-ring (bicyclic) bond motifs is 1. The number of hydrogen-bond acceptors (Lipinski definition) is 1. The Morgan fingerprint density at radius 2 is 1.90 bits per heavy atom. The maximum Gasteiger partial charge on any atom is 0.0612 e. The molecule has 2 aromatic carbocycles. The maximum absolute atomic E-state index is 10.5. The summed E-state index contributed by atoms with van der Waals surface area (Å²) in [5.74, 6) is 0.379. The third-order valence-corrected chi connectivity index (χ3v) is 4.76. The van der Waals surface area contributed by atoms with Crippen LogP contribution in [0.15, 0.2) is 53.0 Å². The summed E-state index contributed by atoms with van der Waals surface area (Å²) in [6, 6.07) is 16.9. The molecule has 1 aliphatic carbocycles. The van der Waals surface area contributed by atoms with Crippen molar-refractivity contribution in [3.8, 4) is 0 Å². The van der Waals surface area contributed by atoms with Crippen LogP contribution in [0.2, 0.25) is 0 Å². The Labute approximate surface area is 128 Å². The summed E-state index contributed by atoms with van der Waals surface area (Å²) in [6.45, 7) is 0. The molecule has 1 aliphatic rings. The first-order valence-electron chi connectivity index (χ1n) is 7.21. The summed E-state index contributed by atoms with van der Waals surface area (Å²) in [5.41, 5.74) is 4.07. The van der Waals surface area contributed by atoms with Crippen LogP contribution in [0.25, 0.3) is 0 Å². The average Bonchev–Trinajstić information content (AvgIpc) is 2.47.